The molecule has 2 aromatic rings. The van der Waals surface area contributed by atoms with E-state index in [1.54, 1.807) is 30.3 Å². The Hall–Kier alpha value is -1.14. The van der Waals surface area contributed by atoms with E-state index in [9.17, 15) is 9.18 Å². The molecule has 0 fully saturated rings. The Kier molecular flexibility index (Phi) is 4.76. The molecule has 0 aliphatic carbocycles. The molecular formula is C14H9ClFIO2. The number of carbonyl (C=O) groups excluding carboxylic acids is 1. The van der Waals surface area contributed by atoms with Crippen LogP contribution in [0, 0.1) is 9.39 Å². The van der Waals surface area contributed by atoms with Gasteiger partial charge in [-0.25, -0.2) is 9.18 Å². The second-order valence-corrected chi connectivity index (χ2v) is 5.44. The van der Waals surface area contributed by atoms with E-state index in [0.29, 0.717) is 5.56 Å². The molecule has 0 spiro atoms. The molecule has 0 aliphatic heterocycles. The van der Waals surface area contributed by atoms with Gasteiger partial charge >= 0.3 is 5.97 Å². The Bertz CT molecular complexity index is 579. The molecule has 2 aromatic carbocycles. The van der Waals surface area contributed by atoms with Gasteiger partial charge in [0.1, 0.15) is 12.4 Å². The fraction of sp³-hybridized carbons (Fsp3) is 0.0714. The van der Waals surface area contributed by atoms with Crippen LogP contribution in [0.2, 0.25) is 5.02 Å². The summed E-state index contributed by atoms with van der Waals surface area (Å²) in [6, 6.07) is 11.3. The van der Waals surface area contributed by atoms with E-state index in [1.807, 2.05) is 0 Å². The molecule has 0 aliphatic rings. The maximum atomic E-state index is 13.5. The molecule has 0 radical (unpaired) electrons. The van der Waals surface area contributed by atoms with Gasteiger partial charge in [0, 0.05) is 9.13 Å². The van der Waals surface area contributed by atoms with Crippen molar-refractivity contribution in [2.45, 2.75) is 6.61 Å². The number of benzene rings is 2. The lowest BCUT2D eigenvalue weighted by molar-refractivity contribution is 0.0469. The number of halogens is 3. The van der Waals surface area contributed by atoms with Crippen molar-refractivity contribution in [1.82, 2.24) is 0 Å². The number of rotatable bonds is 3. The number of hydrogen-bond donors (Lipinski definition) is 0. The van der Waals surface area contributed by atoms with Gasteiger partial charge in [-0.2, -0.15) is 0 Å². The molecule has 0 amide bonds. The highest BCUT2D eigenvalue weighted by Crippen LogP contribution is 2.20. The Morgan fingerprint density at radius 3 is 2.53 bits per heavy atom. The molecule has 0 aromatic heterocycles. The van der Waals surface area contributed by atoms with Gasteiger partial charge in [0.05, 0.1) is 10.6 Å². The highest BCUT2D eigenvalue weighted by molar-refractivity contribution is 14.1. The van der Waals surface area contributed by atoms with Gasteiger partial charge in [0.15, 0.2) is 0 Å². The number of esters is 1. The smallest absolute Gasteiger partial charge is 0.338 e. The van der Waals surface area contributed by atoms with Crippen LogP contribution in [0.4, 0.5) is 4.39 Å². The summed E-state index contributed by atoms with van der Waals surface area (Å²) in [4.78, 5) is 11.8. The largest absolute Gasteiger partial charge is 0.457 e. The molecule has 0 unspecified atom stereocenters. The normalized spacial score (nSPS) is 10.3. The molecule has 0 saturated heterocycles. The summed E-state index contributed by atoms with van der Waals surface area (Å²) in [5.41, 5.74) is 0.607. The molecule has 19 heavy (non-hydrogen) atoms. The molecule has 5 heteroatoms. The summed E-state index contributed by atoms with van der Waals surface area (Å²) in [7, 11) is 0. The average molecular weight is 391 g/mol. The van der Waals surface area contributed by atoms with Gasteiger partial charge in [-0.3, -0.25) is 0 Å². The zero-order valence-corrected chi connectivity index (χ0v) is 12.6. The summed E-state index contributed by atoms with van der Waals surface area (Å²) in [6.45, 7) is -0.184. The van der Waals surface area contributed by atoms with Crippen LogP contribution in [-0.4, -0.2) is 5.97 Å². The first-order chi connectivity index (χ1) is 9.08. The van der Waals surface area contributed by atoms with E-state index in [-0.39, 0.29) is 17.2 Å². The van der Waals surface area contributed by atoms with Crippen LogP contribution in [-0.2, 0) is 11.3 Å². The third-order valence-electron chi connectivity index (χ3n) is 2.49. The Labute approximate surface area is 128 Å². The van der Waals surface area contributed by atoms with Crippen LogP contribution in [0.15, 0.2) is 42.5 Å². The first-order valence-corrected chi connectivity index (χ1v) is 6.89. The van der Waals surface area contributed by atoms with Crippen LogP contribution < -0.4 is 0 Å². The van der Waals surface area contributed by atoms with E-state index in [2.05, 4.69) is 22.6 Å². The van der Waals surface area contributed by atoms with E-state index < -0.39 is 11.8 Å². The second-order valence-electron chi connectivity index (χ2n) is 3.78. The molecule has 0 saturated carbocycles. The van der Waals surface area contributed by atoms with Gasteiger partial charge in [-0.15, -0.1) is 0 Å². The van der Waals surface area contributed by atoms with Crippen LogP contribution in [0.5, 0.6) is 0 Å². The lowest BCUT2D eigenvalue weighted by Gasteiger charge is -2.07. The fourth-order valence-corrected chi connectivity index (χ4v) is 2.05. The van der Waals surface area contributed by atoms with Gasteiger partial charge < -0.3 is 4.74 Å². The minimum atomic E-state index is -0.504. The maximum Gasteiger partial charge on any atom is 0.338 e. The third kappa shape index (κ3) is 3.67. The predicted octanol–water partition coefficient (Wildman–Crippen LogP) is 4.44. The molecule has 0 N–H and O–H groups in total. The zero-order valence-electron chi connectivity index (χ0n) is 9.70. The predicted molar refractivity (Wildman–Crippen MR) is 79.7 cm³/mol. The first kappa shape index (κ1) is 14.3. The standard InChI is InChI=1S/C14H9ClFIO2/c15-12-2-1-3-13(16)11(12)8-19-14(18)9-4-6-10(17)7-5-9/h1-7H,8H2. The molecule has 0 heterocycles. The highest BCUT2D eigenvalue weighted by atomic mass is 127. The monoisotopic (exact) mass is 390 g/mol. The molecule has 98 valence electrons. The molecular weight excluding hydrogens is 382 g/mol. The van der Waals surface area contributed by atoms with E-state index in [4.69, 9.17) is 16.3 Å². The summed E-state index contributed by atoms with van der Waals surface area (Å²) in [5, 5.41) is 0.246. The first-order valence-electron chi connectivity index (χ1n) is 5.43. The minimum Gasteiger partial charge on any atom is -0.457 e. The van der Waals surface area contributed by atoms with Gasteiger partial charge in [-0.05, 0) is 59.0 Å². The van der Waals surface area contributed by atoms with Crippen molar-refractivity contribution in [2.75, 3.05) is 0 Å². The van der Waals surface area contributed by atoms with Gasteiger partial charge in [0.25, 0.3) is 0 Å². The quantitative estimate of drug-likeness (QED) is 0.572. The Morgan fingerprint density at radius 1 is 1.21 bits per heavy atom. The van der Waals surface area contributed by atoms with Crippen molar-refractivity contribution in [3.8, 4) is 0 Å². The number of carbonyl (C=O) groups is 1. The van der Waals surface area contributed by atoms with Crippen molar-refractivity contribution >= 4 is 40.2 Å². The molecule has 0 bridgehead atoms. The van der Waals surface area contributed by atoms with E-state index in [1.165, 1.54) is 12.1 Å². The van der Waals surface area contributed by atoms with Crippen LogP contribution in [0.25, 0.3) is 0 Å². The topological polar surface area (TPSA) is 26.3 Å². The van der Waals surface area contributed by atoms with Gasteiger partial charge in [0.2, 0.25) is 0 Å². The fourth-order valence-electron chi connectivity index (χ4n) is 1.48. The van der Waals surface area contributed by atoms with Crippen molar-refractivity contribution in [1.29, 1.82) is 0 Å². The van der Waals surface area contributed by atoms with Crippen molar-refractivity contribution < 1.29 is 13.9 Å². The molecule has 2 rings (SSSR count). The molecule has 2 nitrogen and oxygen atoms in total. The summed E-state index contributed by atoms with van der Waals surface area (Å²) in [5.74, 6) is -0.987. The Morgan fingerprint density at radius 2 is 1.89 bits per heavy atom. The number of ether oxygens (including phenoxy) is 1. The third-order valence-corrected chi connectivity index (χ3v) is 3.56. The Balaban J connectivity index is 2.06. The van der Waals surface area contributed by atoms with Crippen molar-refractivity contribution in [3.63, 3.8) is 0 Å². The summed E-state index contributed by atoms with van der Waals surface area (Å²) < 4.78 is 19.5. The highest BCUT2D eigenvalue weighted by Gasteiger charge is 2.11. The second kappa shape index (κ2) is 6.34. The van der Waals surface area contributed by atoms with Crippen LogP contribution in [0.1, 0.15) is 15.9 Å². The van der Waals surface area contributed by atoms with E-state index >= 15 is 0 Å². The van der Waals surface area contributed by atoms with Gasteiger partial charge in [-0.1, -0.05) is 17.7 Å². The van der Waals surface area contributed by atoms with Crippen LogP contribution in [0.3, 0.4) is 0 Å². The van der Waals surface area contributed by atoms with Crippen LogP contribution >= 0.6 is 34.2 Å². The lowest BCUT2D eigenvalue weighted by Crippen LogP contribution is -2.06. The summed E-state index contributed by atoms with van der Waals surface area (Å²) in [6.07, 6.45) is 0. The SMILES string of the molecule is O=C(OCc1c(F)cccc1Cl)c1ccc(I)cc1. The van der Waals surface area contributed by atoms with E-state index in [0.717, 1.165) is 3.57 Å². The van der Waals surface area contributed by atoms with Crippen molar-refractivity contribution in [3.05, 3.63) is 68.0 Å². The van der Waals surface area contributed by atoms with Crippen molar-refractivity contribution in [2.24, 2.45) is 0 Å². The zero-order chi connectivity index (χ0) is 13.8. The maximum absolute atomic E-state index is 13.5. The molecule has 0 atom stereocenters. The summed E-state index contributed by atoms with van der Waals surface area (Å²) >= 11 is 7.99. The number of hydrogen-bond acceptors (Lipinski definition) is 2. The lowest BCUT2D eigenvalue weighted by atomic mass is 10.2. The minimum absolute atomic E-state index is 0.183. The average Bonchev–Trinajstić information content (AvgIpc) is 2.38.